The smallest absolute Gasteiger partial charge is 0.229 e. The summed E-state index contributed by atoms with van der Waals surface area (Å²) < 4.78 is 44.9. The van der Waals surface area contributed by atoms with Gasteiger partial charge in [-0.3, -0.25) is 4.79 Å². The summed E-state index contributed by atoms with van der Waals surface area (Å²) in [6, 6.07) is 12.4. The molecule has 7 heteroatoms. The molecule has 28 heavy (non-hydrogen) atoms. The van der Waals surface area contributed by atoms with E-state index in [4.69, 9.17) is 4.74 Å². The number of rotatable bonds is 7. The van der Waals surface area contributed by atoms with Crippen molar-refractivity contribution < 1.29 is 22.7 Å². The minimum Gasteiger partial charge on any atom is -0.372 e. The number of ether oxygens (including phenoxy) is 1. The number of amides is 1. The molecule has 0 saturated heterocycles. The van der Waals surface area contributed by atoms with Crippen molar-refractivity contribution in [3.8, 4) is 0 Å². The third-order valence-electron chi connectivity index (χ3n) is 3.83. The molecule has 0 bridgehead atoms. The molecular weight excluding hydrogens is 369 g/mol. The zero-order chi connectivity index (χ0) is 19.9. The van der Waals surface area contributed by atoms with Gasteiger partial charge in [-0.25, -0.2) is 18.2 Å². The van der Waals surface area contributed by atoms with Gasteiger partial charge in [-0.05, 0) is 53.1 Å². The summed E-state index contributed by atoms with van der Waals surface area (Å²) in [6.07, 6.45) is 1.34. The second-order valence-corrected chi connectivity index (χ2v) is 6.17. The summed E-state index contributed by atoms with van der Waals surface area (Å²) in [5, 5.41) is 2.59. The molecule has 144 valence electrons. The summed E-state index contributed by atoms with van der Waals surface area (Å²) in [5.41, 5.74) is 1.85. The quantitative estimate of drug-likeness (QED) is 0.655. The first-order valence-corrected chi connectivity index (χ1v) is 8.50. The highest BCUT2D eigenvalue weighted by atomic mass is 19.1. The van der Waals surface area contributed by atoms with E-state index in [1.807, 2.05) is 0 Å². The van der Waals surface area contributed by atoms with Crippen molar-refractivity contribution in [3.63, 3.8) is 0 Å². The van der Waals surface area contributed by atoms with E-state index in [-0.39, 0.29) is 24.4 Å². The van der Waals surface area contributed by atoms with E-state index in [9.17, 15) is 18.0 Å². The van der Waals surface area contributed by atoms with Gasteiger partial charge in [-0.15, -0.1) is 0 Å². The van der Waals surface area contributed by atoms with E-state index >= 15 is 0 Å². The van der Waals surface area contributed by atoms with Crippen molar-refractivity contribution in [3.05, 3.63) is 94.9 Å². The van der Waals surface area contributed by atoms with Crippen molar-refractivity contribution in [1.29, 1.82) is 0 Å². The molecule has 3 aromatic rings. The van der Waals surface area contributed by atoms with Crippen LogP contribution in [-0.4, -0.2) is 10.9 Å². The number of carbonyl (C=O) groups excluding carboxylic acids is 1. The maximum atomic E-state index is 13.2. The highest BCUT2D eigenvalue weighted by molar-refractivity contribution is 5.91. The van der Waals surface area contributed by atoms with Gasteiger partial charge in [-0.2, -0.15) is 0 Å². The van der Waals surface area contributed by atoms with Crippen LogP contribution in [0.2, 0.25) is 0 Å². The molecule has 2 aromatic carbocycles. The molecule has 0 atom stereocenters. The molecular formula is C21H17F3N2O2. The number of benzene rings is 2. The topological polar surface area (TPSA) is 51.2 Å². The predicted molar refractivity (Wildman–Crippen MR) is 97.8 cm³/mol. The molecule has 1 N–H and O–H groups in total. The Balaban J connectivity index is 1.53. The molecule has 0 aliphatic heterocycles. The SMILES string of the molecule is O=C(Cc1cc(F)cc(F)c1)Nc1cc(COCc2ccc(F)cc2)ccn1. The van der Waals surface area contributed by atoms with Crippen molar-refractivity contribution in [2.24, 2.45) is 0 Å². The normalized spacial score (nSPS) is 10.7. The number of hydrogen-bond donors (Lipinski definition) is 1. The van der Waals surface area contributed by atoms with Crippen LogP contribution in [-0.2, 0) is 29.2 Å². The van der Waals surface area contributed by atoms with Gasteiger partial charge < -0.3 is 10.1 Å². The van der Waals surface area contributed by atoms with Gasteiger partial charge in [0.05, 0.1) is 19.6 Å². The molecule has 4 nitrogen and oxygen atoms in total. The number of anilines is 1. The third-order valence-corrected chi connectivity index (χ3v) is 3.83. The van der Waals surface area contributed by atoms with E-state index in [1.165, 1.54) is 18.3 Å². The van der Waals surface area contributed by atoms with Crippen LogP contribution in [0.1, 0.15) is 16.7 Å². The Morgan fingerprint density at radius 1 is 0.821 bits per heavy atom. The fourth-order valence-electron chi connectivity index (χ4n) is 2.59. The van der Waals surface area contributed by atoms with Gasteiger partial charge in [0.1, 0.15) is 23.3 Å². The molecule has 1 aromatic heterocycles. The van der Waals surface area contributed by atoms with Crippen LogP contribution < -0.4 is 5.32 Å². The zero-order valence-corrected chi connectivity index (χ0v) is 14.8. The monoisotopic (exact) mass is 386 g/mol. The van der Waals surface area contributed by atoms with Crippen molar-refractivity contribution in [2.75, 3.05) is 5.32 Å². The first-order valence-electron chi connectivity index (χ1n) is 8.50. The third kappa shape index (κ3) is 5.92. The number of carbonyl (C=O) groups is 1. The molecule has 3 rings (SSSR count). The molecule has 0 unspecified atom stereocenters. The lowest BCUT2D eigenvalue weighted by Crippen LogP contribution is -2.15. The number of nitrogens with one attached hydrogen (secondary N) is 1. The average molecular weight is 386 g/mol. The minimum atomic E-state index is -0.735. The van der Waals surface area contributed by atoms with Crippen LogP contribution in [0.5, 0.6) is 0 Å². The van der Waals surface area contributed by atoms with Gasteiger partial charge >= 0.3 is 0 Å². The van der Waals surface area contributed by atoms with Gasteiger partial charge in [0, 0.05) is 12.3 Å². The second kappa shape index (κ2) is 9.14. The zero-order valence-electron chi connectivity index (χ0n) is 14.8. The van der Waals surface area contributed by atoms with Crippen molar-refractivity contribution >= 4 is 11.7 Å². The van der Waals surface area contributed by atoms with Crippen LogP contribution >= 0.6 is 0 Å². The van der Waals surface area contributed by atoms with Gasteiger partial charge in [-0.1, -0.05) is 12.1 Å². The lowest BCUT2D eigenvalue weighted by Gasteiger charge is -2.08. The van der Waals surface area contributed by atoms with Crippen LogP contribution in [0.15, 0.2) is 60.8 Å². The number of pyridine rings is 1. The van der Waals surface area contributed by atoms with Gasteiger partial charge in [0.15, 0.2) is 0 Å². The second-order valence-electron chi connectivity index (χ2n) is 6.17. The molecule has 1 heterocycles. The van der Waals surface area contributed by atoms with Gasteiger partial charge in [0.2, 0.25) is 5.91 Å². The number of nitrogens with zero attached hydrogens (tertiary/aromatic N) is 1. The highest BCUT2D eigenvalue weighted by Crippen LogP contribution is 2.12. The number of halogens is 3. The van der Waals surface area contributed by atoms with E-state index in [0.717, 1.165) is 29.3 Å². The number of aromatic nitrogens is 1. The molecule has 1 amide bonds. The van der Waals surface area contributed by atoms with Crippen LogP contribution in [0.25, 0.3) is 0 Å². The fourth-order valence-corrected chi connectivity index (χ4v) is 2.59. The summed E-state index contributed by atoms with van der Waals surface area (Å²) in [5.74, 6) is -1.91. The Bertz CT molecular complexity index is 942. The Morgan fingerprint density at radius 2 is 1.50 bits per heavy atom. The van der Waals surface area contributed by atoms with Crippen molar-refractivity contribution in [2.45, 2.75) is 19.6 Å². The molecule has 0 spiro atoms. The molecule has 0 aliphatic carbocycles. The maximum absolute atomic E-state index is 13.2. The first-order chi connectivity index (χ1) is 13.5. The maximum Gasteiger partial charge on any atom is 0.229 e. The lowest BCUT2D eigenvalue weighted by molar-refractivity contribution is -0.115. The van der Waals surface area contributed by atoms with E-state index < -0.39 is 17.5 Å². The molecule has 0 radical (unpaired) electrons. The Kier molecular flexibility index (Phi) is 6.39. The average Bonchev–Trinajstić information content (AvgIpc) is 2.63. The van der Waals surface area contributed by atoms with Crippen LogP contribution in [0.4, 0.5) is 19.0 Å². The number of hydrogen-bond acceptors (Lipinski definition) is 3. The fraction of sp³-hybridized carbons (Fsp3) is 0.143. The van der Waals surface area contributed by atoms with Crippen molar-refractivity contribution in [1.82, 2.24) is 4.98 Å². The lowest BCUT2D eigenvalue weighted by atomic mass is 10.1. The molecule has 0 aliphatic rings. The van der Waals surface area contributed by atoms with Crippen LogP contribution in [0, 0.1) is 17.5 Å². The summed E-state index contributed by atoms with van der Waals surface area (Å²) in [7, 11) is 0. The van der Waals surface area contributed by atoms with Crippen LogP contribution in [0.3, 0.4) is 0 Å². The largest absolute Gasteiger partial charge is 0.372 e. The predicted octanol–water partition coefficient (Wildman–Crippen LogP) is 4.40. The summed E-state index contributed by atoms with van der Waals surface area (Å²) >= 11 is 0. The van der Waals surface area contributed by atoms with E-state index in [1.54, 1.807) is 24.3 Å². The Labute approximate surface area is 160 Å². The Morgan fingerprint density at radius 3 is 2.21 bits per heavy atom. The summed E-state index contributed by atoms with van der Waals surface area (Å²) in [4.78, 5) is 16.1. The molecule has 0 saturated carbocycles. The minimum absolute atomic E-state index is 0.179. The van der Waals surface area contributed by atoms with Gasteiger partial charge in [0.25, 0.3) is 0 Å². The van der Waals surface area contributed by atoms with E-state index in [0.29, 0.717) is 12.4 Å². The van der Waals surface area contributed by atoms with E-state index in [2.05, 4.69) is 10.3 Å². The Hall–Kier alpha value is -3.19. The highest BCUT2D eigenvalue weighted by Gasteiger charge is 2.08. The summed E-state index contributed by atoms with van der Waals surface area (Å²) in [6.45, 7) is 0.591. The molecule has 0 fully saturated rings. The first kappa shape index (κ1) is 19.6. The standard InChI is InChI=1S/C21H17F3N2O2/c22-17-3-1-14(2-4-17)12-28-13-15-5-6-25-20(9-15)26-21(27)10-16-7-18(23)11-19(24)8-16/h1-9,11H,10,12-13H2,(H,25,26,27).